The van der Waals surface area contributed by atoms with Crippen LogP contribution in [0.5, 0.6) is 0 Å². The largest absolute Gasteiger partial charge is 0.438 e. The van der Waals surface area contributed by atoms with Gasteiger partial charge in [-0.15, -0.1) is 0 Å². The standard InChI is InChI=1S/C13H13N3O3/c1-8(16-18)10-5-3-4-6-11(10)15-13(17)12-9(2)14-7-19-12/h3-7,18H,1-2H3,(H,15,17)/b16-8-. The highest BCUT2D eigenvalue weighted by atomic mass is 16.4. The minimum Gasteiger partial charge on any atom is -0.438 e. The first-order valence-electron chi connectivity index (χ1n) is 5.63. The molecule has 6 nitrogen and oxygen atoms in total. The molecule has 0 unspecified atom stereocenters. The lowest BCUT2D eigenvalue weighted by molar-refractivity contribution is 0.0996. The van der Waals surface area contributed by atoms with E-state index in [0.717, 1.165) is 0 Å². The van der Waals surface area contributed by atoms with Gasteiger partial charge in [-0.05, 0) is 19.9 Å². The van der Waals surface area contributed by atoms with Gasteiger partial charge in [0.15, 0.2) is 6.39 Å². The van der Waals surface area contributed by atoms with Crippen molar-refractivity contribution in [3.63, 3.8) is 0 Å². The van der Waals surface area contributed by atoms with Gasteiger partial charge in [-0.25, -0.2) is 4.98 Å². The van der Waals surface area contributed by atoms with E-state index in [1.807, 2.05) is 0 Å². The maximum absolute atomic E-state index is 12.0. The van der Waals surface area contributed by atoms with Gasteiger partial charge >= 0.3 is 0 Å². The summed E-state index contributed by atoms with van der Waals surface area (Å²) in [5.74, 6) is -0.235. The molecular formula is C13H13N3O3. The molecule has 0 radical (unpaired) electrons. The third-order valence-electron chi connectivity index (χ3n) is 2.67. The van der Waals surface area contributed by atoms with Crippen molar-refractivity contribution in [2.75, 3.05) is 5.32 Å². The summed E-state index contributed by atoms with van der Waals surface area (Å²) in [6.45, 7) is 3.33. The third kappa shape index (κ3) is 2.62. The van der Waals surface area contributed by atoms with Crippen LogP contribution in [-0.2, 0) is 0 Å². The molecule has 2 N–H and O–H groups in total. The average molecular weight is 259 g/mol. The molecule has 0 fully saturated rings. The number of carbonyl (C=O) groups excluding carboxylic acids is 1. The number of anilines is 1. The van der Waals surface area contributed by atoms with Gasteiger partial charge in [-0.3, -0.25) is 4.79 Å². The van der Waals surface area contributed by atoms with E-state index >= 15 is 0 Å². The van der Waals surface area contributed by atoms with Gasteiger partial charge in [-0.1, -0.05) is 23.4 Å². The van der Waals surface area contributed by atoms with Crippen molar-refractivity contribution < 1.29 is 14.4 Å². The fourth-order valence-corrected chi connectivity index (χ4v) is 1.66. The number of amides is 1. The number of hydrogen-bond donors (Lipinski definition) is 2. The van der Waals surface area contributed by atoms with Gasteiger partial charge < -0.3 is 14.9 Å². The van der Waals surface area contributed by atoms with Gasteiger partial charge in [-0.2, -0.15) is 0 Å². The molecule has 0 bridgehead atoms. The highest BCUT2D eigenvalue weighted by Gasteiger charge is 2.16. The Bertz CT molecular complexity index is 632. The Morgan fingerprint density at radius 1 is 1.42 bits per heavy atom. The molecule has 0 saturated heterocycles. The molecule has 1 heterocycles. The molecule has 19 heavy (non-hydrogen) atoms. The van der Waals surface area contributed by atoms with Crippen LogP contribution in [0.3, 0.4) is 0 Å². The quantitative estimate of drug-likeness (QED) is 0.503. The molecule has 0 saturated carbocycles. The number of hydrogen-bond acceptors (Lipinski definition) is 5. The molecule has 0 aliphatic heterocycles. The maximum atomic E-state index is 12.0. The summed E-state index contributed by atoms with van der Waals surface area (Å²) in [5, 5.41) is 14.7. The molecule has 1 aromatic carbocycles. The number of nitrogens with one attached hydrogen (secondary N) is 1. The fourth-order valence-electron chi connectivity index (χ4n) is 1.66. The first-order chi connectivity index (χ1) is 9.13. The first-order valence-corrected chi connectivity index (χ1v) is 5.63. The Labute approximate surface area is 109 Å². The monoisotopic (exact) mass is 259 g/mol. The summed E-state index contributed by atoms with van der Waals surface area (Å²) in [6.07, 6.45) is 1.22. The maximum Gasteiger partial charge on any atom is 0.293 e. The van der Waals surface area contributed by atoms with Crippen molar-refractivity contribution in [3.8, 4) is 0 Å². The van der Waals surface area contributed by atoms with Crippen LogP contribution in [0.15, 0.2) is 40.2 Å². The van der Waals surface area contributed by atoms with Crippen LogP contribution in [0.25, 0.3) is 0 Å². The molecule has 2 rings (SSSR count). The first kappa shape index (κ1) is 12.8. The molecule has 0 atom stereocenters. The molecular weight excluding hydrogens is 246 g/mol. The molecule has 1 amide bonds. The number of aromatic nitrogens is 1. The van der Waals surface area contributed by atoms with E-state index in [-0.39, 0.29) is 5.76 Å². The number of rotatable bonds is 3. The van der Waals surface area contributed by atoms with Crippen LogP contribution in [0.4, 0.5) is 5.69 Å². The smallest absolute Gasteiger partial charge is 0.293 e. The van der Waals surface area contributed by atoms with E-state index in [9.17, 15) is 4.79 Å². The highest BCUT2D eigenvalue weighted by molar-refractivity contribution is 6.09. The normalized spacial score (nSPS) is 11.4. The van der Waals surface area contributed by atoms with Gasteiger partial charge in [0.05, 0.1) is 17.1 Å². The van der Waals surface area contributed by atoms with Crippen LogP contribution in [0.1, 0.15) is 28.7 Å². The number of carbonyl (C=O) groups is 1. The Morgan fingerprint density at radius 3 is 2.79 bits per heavy atom. The molecule has 6 heteroatoms. The summed E-state index contributed by atoms with van der Waals surface area (Å²) in [4.78, 5) is 15.9. The minimum absolute atomic E-state index is 0.161. The summed E-state index contributed by atoms with van der Waals surface area (Å²) in [7, 11) is 0. The van der Waals surface area contributed by atoms with Crippen LogP contribution >= 0.6 is 0 Å². The average Bonchev–Trinajstić information content (AvgIpc) is 2.85. The van der Waals surface area contributed by atoms with E-state index in [1.165, 1.54) is 6.39 Å². The van der Waals surface area contributed by atoms with Crippen molar-refractivity contribution in [2.45, 2.75) is 13.8 Å². The lowest BCUT2D eigenvalue weighted by atomic mass is 10.1. The lowest BCUT2D eigenvalue weighted by Gasteiger charge is -2.09. The zero-order chi connectivity index (χ0) is 13.8. The molecule has 0 aliphatic carbocycles. The zero-order valence-electron chi connectivity index (χ0n) is 10.5. The molecule has 0 aliphatic rings. The Kier molecular flexibility index (Phi) is 3.61. The Balaban J connectivity index is 2.30. The van der Waals surface area contributed by atoms with Gasteiger partial charge in [0.2, 0.25) is 5.76 Å². The number of nitrogens with zero attached hydrogens (tertiary/aromatic N) is 2. The van der Waals surface area contributed by atoms with Gasteiger partial charge in [0, 0.05) is 5.56 Å². The van der Waals surface area contributed by atoms with Gasteiger partial charge in [0.1, 0.15) is 0 Å². The summed E-state index contributed by atoms with van der Waals surface area (Å²) >= 11 is 0. The SMILES string of the molecule is C/C(=N/O)c1ccccc1NC(=O)c1ocnc1C. The topological polar surface area (TPSA) is 87.7 Å². The van der Waals surface area contributed by atoms with Crippen LogP contribution in [0, 0.1) is 6.92 Å². The number of para-hydroxylation sites is 1. The number of aryl methyl sites for hydroxylation is 1. The molecule has 0 spiro atoms. The van der Waals surface area contributed by atoms with Crippen LogP contribution in [0.2, 0.25) is 0 Å². The van der Waals surface area contributed by atoms with Crippen molar-refractivity contribution >= 4 is 17.3 Å². The van der Waals surface area contributed by atoms with Crippen molar-refractivity contribution in [2.24, 2.45) is 5.16 Å². The predicted octanol–water partition coefficient (Wildman–Crippen LogP) is 2.43. The van der Waals surface area contributed by atoms with E-state index in [4.69, 9.17) is 9.62 Å². The molecule has 98 valence electrons. The molecule has 1 aromatic heterocycles. The minimum atomic E-state index is -0.395. The lowest BCUT2D eigenvalue weighted by Crippen LogP contribution is -2.14. The zero-order valence-corrected chi connectivity index (χ0v) is 10.5. The summed E-state index contributed by atoms with van der Waals surface area (Å²) in [5.41, 5.74) is 2.10. The number of oxime groups is 1. The Morgan fingerprint density at radius 2 is 2.16 bits per heavy atom. The van der Waals surface area contributed by atoms with Crippen LogP contribution < -0.4 is 5.32 Å². The van der Waals surface area contributed by atoms with E-state index < -0.39 is 5.91 Å². The van der Waals surface area contributed by atoms with E-state index in [0.29, 0.717) is 22.7 Å². The second kappa shape index (κ2) is 5.34. The molecule has 2 aromatic rings. The van der Waals surface area contributed by atoms with E-state index in [2.05, 4.69) is 15.5 Å². The fraction of sp³-hybridized carbons (Fsp3) is 0.154. The Hall–Kier alpha value is -2.63. The summed E-state index contributed by atoms with van der Waals surface area (Å²) in [6, 6.07) is 7.03. The number of benzene rings is 1. The van der Waals surface area contributed by atoms with Gasteiger partial charge in [0.25, 0.3) is 5.91 Å². The van der Waals surface area contributed by atoms with Crippen molar-refractivity contribution in [1.82, 2.24) is 4.98 Å². The highest BCUT2D eigenvalue weighted by Crippen LogP contribution is 2.18. The predicted molar refractivity (Wildman–Crippen MR) is 69.6 cm³/mol. The van der Waals surface area contributed by atoms with Crippen molar-refractivity contribution in [1.29, 1.82) is 0 Å². The third-order valence-corrected chi connectivity index (χ3v) is 2.67. The number of oxazole rings is 1. The second-order valence-electron chi connectivity index (χ2n) is 3.95. The summed E-state index contributed by atoms with van der Waals surface area (Å²) < 4.78 is 5.02. The van der Waals surface area contributed by atoms with Crippen molar-refractivity contribution in [3.05, 3.63) is 47.7 Å². The second-order valence-corrected chi connectivity index (χ2v) is 3.95. The van der Waals surface area contributed by atoms with E-state index in [1.54, 1.807) is 38.1 Å². The van der Waals surface area contributed by atoms with Crippen LogP contribution in [-0.4, -0.2) is 21.8 Å².